The molecule has 0 saturated heterocycles. The van der Waals surface area contributed by atoms with Gasteiger partial charge in [0.25, 0.3) is 5.22 Å². The molecule has 0 bridgehead atoms. The first-order chi connectivity index (χ1) is 12.0. The van der Waals surface area contributed by atoms with Gasteiger partial charge in [-0.2, -0.15) is 0 Å². The molecule has 0 aliphatic carbocycles. The Morgan fingerprint density at radius 2 is 2.00 bits per heavy atom. The quantitative estimate of drug-likeness (QED) is 0.655. The molecule has 0 radical (unpaired) electrons. The molecule has 0 fully saturated rings. The normalized spacial score (nSPS) is 12.0. The lowest BCUT2D eigenvalue weighted by Gasteiger charge is -2.10. The van der Waals surface area contributed by atoms with Crippen molar-refractivity contribution in [2.24, 2.45) is 0 Å². The zero-order chi connectivity index (χ0) is 17.8. The van der Waals surface area contributed by atoms with E-state index in [1.807, 2.05) is 30.3 Å². The van der Waals surface area contributed by atoms with E-state index in [0.29, 0.717) is 16.8 Å². The summed E-state index contributed by atoms with van der Waals surface area (Å²) < 4.78 is 18.7. The molecule has 25 heavy (non-hydrogen) atoms. The Hall–Kier alpha value is -2.38. The summed E-state index contributed by atoms with van der Waals surface area (Å²) in [5, 5.41) is 10.3. The maximum absolute atomic E-state index is 13.1. The second kappa shape index (κ2) is 7.67. The third kappa shape index (κ3) is 4.37. The number of aromatic nitrogens is 2. The number of carbonyl (C=O) groups is 1. The summed E-state index contributed by atoms with van der Waals surface area (Å²) in [5.74, 6) is -0.436. The highest BCUT2D eigenvalue weighted by Gasteiger charge is 2.19. The number of anilines is 1. The molecule has 0 unspecified atom stereocenters. The molecule has 0 aliphatic heterocycles. The highest BCUT2D eigenvalue weighted by molar-refractivity contribution is 8.00. The number of amides is 1. The number of hydrogen-bond donors (Lipinski definition) is 1. The monoisotopic (exact) mass is 377 g/mol. The Morgan fingerprint density at radius 1 is 1.24 bits per heavy atom. The van der Waals surface area contributed by atoms with E-state index in [1.165, 1.54) is 18.2 Å². The summed E-state index contributed by atoms with van der Waals surface area (Å²) in [5.41, 5.74) is 1.22. The molecule has 1 heterocycles. The summed E-state index contributed by atoms with van der Waals surface area (Å²) in [6, 6.07) is 13.3. The number of hydrogen-bond acceptors (Lipinski definition) is 5. The van der Waals surface area contributed by atoms with Gasteiger partial charge in [-0.05, 0) is 37.3 Å². The van der Waals surface area contributed by atoms with Crippen LogP contribution >= 0.6 is 23.4 Å². The minimum atomic E-state index is -0.540. The van der Waals surface area contributed by atoms with E-state index in [0.717, 1.165) is 17.3 Å². The third-order valence-corrected chi connectivity index (χ3v) is 4.49. The maximum Gasteiger partial charge on any atom is 0.277 e. The standard InChI is InChI=1S/C17H13ClFN3O2S/c1-10(15(23)20-12-7-8-14(19)13(18)9-12)25-17-22-21-16(24-17)11-5-3-2-4-6-11/h2-10H,1H3,(H,20,23)/t10-/m0/s1. The average molecular weight is 378 g/mol. The van der Waals surface area contributed by atoms with Crippen molar-refractivity contribution >= 4 is 35.0 Å². The van der Waals surface area contributed by atoms with Gasteiger partial charge in [-0.25, -0.2) is 4.39 Å². The lowest BCUT2D eigenvalue weighted by atomic mass is 10.2. The van der Waals surface area contributed by atoms with Crippen LogP contribution in [0.1, 0.15) is 6.92 Å². The lowest BCUT2D eigenvalue weighted by molar-refractivity contribution is -0.115. The number of halogens is 2. The van der Waals surface area contributed by atoms with Gasteiger partial charge in [0.1, 0.15) is 5.82 Å². The Labute approximate surface area is 152 Å². The van der Waals surface area contributed by atoms with Crippen molar-refractivity contribution in [3.63, 3.8) is 0 Å². The molecule has 8 heteroatoms. The first kappa shape index (κ1) is 17.4. The molecule has 3 rings (SSSR count). The van der Waals surface area contributed by atoms with E-state index < -0.39 is 11.1 Å². The van der Waals surface area contributed by atoms with Gasteiger partial charge < -0.3 is 9.73 Å². The van der Waals surface area contributed by atoms with Crippen LogP contribution in [0.3, 0.4) is 0 Å². The van der Waals surface area contributed by atoms with Crippen LogP contribution in [0.4, 0.5) is 10.1 Å². The zero-order valence-corrected chi connectivity index (χ0v) is 14.6. The molecule has 2 aromatic carbocycles. The van der Waals surface area contributed by atoms with E-state index in [2.05, 4.69) is 15.5 Å². The van der Waals surface area contributed by atoms with Crippen LogP contribution in [0.5, 0.6) is 0 Å². The second-order valence-electron chi connectivity index (χ2n) is 5.12. The van der Waals surface area contributed by atoms with Crippen LogP contribution in [0.2, 0.25) is 5.02 Å². The van der Waals surface area contributed by atoms with Crippen molar-refractivity contribution in [2.45, 2.75) is 17.4 Å². The van der Waals surface area contributed by atoms with E-state index in [-0.39, 0.29) is 10.9 Å². The Morgan fingerprint density at radius 3 is 2.72 bits per heavy atom. The maximum atomic E-state index is 13.1. The van der Waals surface area contributed by atoms with Crippen molar-refractivity contribution < 1.29 is 13.6 Å². The van der Waals surface area contributed by atoms with Crippen molar-refractivity contribution in [3.05, 3.63) is 59.4 Å². The van der Waals surface area contributed by atoms with Crippen molar-refractivity contribution in [1.82, 2.24) is 10.2 Å². The summed E-state index contributed by atoms with van der Waals surface area (Å²) in [7, 11) is 0. The third-order valence-electron chi connectivity index (χ3n) is 3.26. The number of thioether (sulfide) groups is 1. The summed E-state index contributed by atoms with van der Waals surface area (Å²) >= 11 is 6.84. The number of nitrogens with zero attached hydrogens (tertiary/aromatic N) is 2. The van der Waals surface area contributed by atoms with E-state index in [1.54, 1.807) is 6.92 Å². The SMILES string of the molecule is C[C@H](Sc1nnc(-c2ccccc2)o1)C(=O)Nc1ccc(F)c(Cl)c1. The largest absolute Gasteiger partial charge is 0.411 e. The van der Waals surface area contributed by atoms with Crippen LogP contribution in [-0.2, 0) is 4.79 Å². The minimum absolute atomic E-state index is 0.0532. The van der Waals surface area contributed by atoms with Gasteiger partial charge in [0, 0.05) is 11.3 Å². The summed E-state index contributed by atoms with van der Waals surface area (Å²) in [4.78, 5) is 12.2. The molecule has 0 spiro atoms. The minimum Gasteiger partial charge on any atom is -0.411 e. The summed E-state index contributed by atoms with van der Waals surface area (Å²) in [6.07, 6.45) is 0. The van der Waals surface area contributed by atoms with Crippen LogP contribution < -0.4 is 5.32 Å². The van der Waals surface area contributed by atoms with Crippen molar-refractivity contribution in [3.8, 4) is 11.5 Å². The zero-order valence-electron chi connectivity index (χ0n) is 13.1. The Bertz CT molecular complexity index is 889. The highest BCUT2D eigenvalue weighted by Crippen LogP contribution is 2.27. The fourth-order valence-corrected chi connectivity index (χ4v) is 2.84. The van der Waals surface area contributed by atoms with Crippen molar-refractivity contribution in [2.75, 3.05) is 5.32 Å². The fraction of sp³-hybridized carbons (Fsp3) is 0.118. The lowest BCUT2D eigenvalue weighted by Crippen LogP contribution is -2.22. The van der Waals surface area contributed by atoms with Gasteiger partial charge in [-0.15, -0.1) is 10.2 Å². The molecule has 0 aliphatic rings. The molecule has 1 N–H and O–H groups in total. The Balaban J connectivity index is 1.63. The van der Waals surface area contributed by atoms with Gasteiger partial charge in [-0.1, -0.05) is 41.6 Å². The Kier molecular flexibility index (Phi) is 5.35. The van der Waals surface area contributed by atoms with E-state index >= 15 is 0 Å². The van der Waals surface area contributed by atoms with Crippen LogP contribution in [-0.4, -0.2) is 21.4 Å². The molecule has 5 nitrogen and oxygen atoms in total. The highest BCUT2D eigenvalue weighted by atomic mass is 35.5. The predicted molar refractivity (Wildman–Crippen MR) is 95.1 cm³/mol. The molecule has 1 aromatic heterocycles. The summed E-state index contributed by atoms with van der Waals surface area (Å²) in [6.45, 7) is 1.71. The van der Waals surface area contributed by atoms with E-state index in [9.17, 15) is 9.18 Å². The van der Waals surface area contributed by atoms with Gasteiger partial charge in [0.05, 0.1) is 10.3 Å². The first-order valence-corrected chi connectivity index (χ1v) is 8.60. The molecular formula is C17H13ClFN3O2S. The van der Waals surface area contributed by atoms with Crippen LogP contribution in [0.25, 0.3) is 11.5 Å². The first-order valence-electron chi connectivity index (χ1n) is 7.34. The molecular weight excluding hydrogens is 365 g/mol. The van der Waals surface area contributed by atoms with E-state index in [4.69, 9.17) is 16.0 Å². The average Bonchev–Trinajstić information content (AvgIpc) is 3.07. The van der Waals surface area contributed by atoms with Gasteiger partial charge >= 0.3 is 0 Å². The van der Waals surface area contributed by atoms with Gasteiger partial charge in [-0.3, -0.25) is 4.79 Å². The van der Waals surface area contributed by atoms with Crippen LogP contribution in [0.15, 0.2) is 58.2 Å². The number of benzene rings is 2. The molecule has 0 saturated carbocycles. The van der Waals surface area contributed by atoms with Crippen molar-refractivity contribution in [1.29, 1.82) is 0 Å². The number of carbonyl (C=O) groups excluding carboxylic acids is 1. The second-order valence-corrected chi connectivity index (χ2v) is 6.82. The number of nitrogens with one attached hydrogen (secondary N) is 1. The molecule has 1 atom stereocenters. The molecule has 3 aromatic rings. The van der Waals surface area contributed by atoms with Gasteiger partial charge in [0.15, 0.2) is 0 Å². The molecule has 1 amide bonds. The van der Waals surface area contributed by atoms with Crippen LogP contribution in [0, 0.1) is 5.82 Å². The topological polar surface area (TPSA) is 68.0 Å². The molecule has 128 valence electrons. The number of rotatable bonds is 5. The van der Waals surface area contributed by atoms with Gasteiger partial charge in [0.2, 0.25) is 11.8 Å². The smallest absolute Gasteiger partial charge is 0.277 e. The predicted octanol–water partition coefficient (Wildman–Crippen LogP) is 4.65. The fourth-order valence-electron chi connectivity index (χ4n) is 1.98.